The number of carbonyl (C=O) groups is 1. The number of benzene rings is 3. The monoisotopic (exact) mass is 664 g/mol. The number of carboxylic acid groups (broad SMARTS) is 1. The molecule has 240 valence electrons. The summed E-state index contributed by atoms with van der Waals surface area (Å²) in [7, 11) is -2.13. The van der Waals surface area contributed by atoms with E-state index in [9.17, 15) is 18.5 Å². The Labute approximate surface area is 273 Å². The van der Waals surface area contributed by atoms with E-state index in [0.29, 0.717) is 17.2 Å². The van der Waals surface area contributed by atoms with Crippen molar-refractivity contribution in [2.45, 2.75) is 38.8 Å². The maximum absolute atomic E-state index is 12.6. The van der Waals surface area contributed by atoms with Crippen LogP contribution in [0, 0.1) is 11.3 Å². The van der Waals surface area contributed by atoms with Crippen LogP contribution >= 0.6 is 11.6 Å². The van der Waals surface area contributed by atoms with Gasteiger partial charge in [0.2, 0.25) is 16.0 Å². The molecule has 0 aliphatic carbocycles. The number of hydrogen-bond acceptors (Lipinski definition) is 9. The van der Waals surface area contributed by atoms with Crippen molar-refractivity contribution in [3.8, 4) is 23.3 Å². The molecule has 0 saturated carbocycles. The smallest absolute Gasteiger partial charge is 0.306 e. The molecule has 46 heavy (non-hydrogen) atoms. The lowest BCUT2D eigenvalue weighted by Gasteiger charge is -2.27. The summed E-state index contributed by atoms with van der Waals surface area (Å²) in [6, 6.07) is 21.6. The molecule has 0 aliphatic rings. The Morgan fingerprint density at radius 3 is 2.30 bits per heavy atom. The van der Waals surface area contributed by atoms with E-state index in [1.54, 1.807) is 49.6 Å². The van der Waals surface area contributed by atoms with E-state index in [-0.39, 0.29) is 48.5 Å². The third-order valence-corrected chi connectivity index (χ3v) is 8.59. The van der Waals surface area contributed by atoms with Crippen LogP contribution in [0.3, 0.4) is 0 Å². The molecule has 1 N–H and O–H groups in total. The van der Waals surface area contributed by atoms with Crippen LogP contribution < -0.4 is 18.5 Å². The highest BCUT2D eigenvalue weighted by Crippen LogP contribution is 2.38. The van der Waals surface area contributed by atoms with Crippen molar-refractivity contribution in [3.05, 3.63) is 106 Å². The van der Waals surface area contributed by atoms with Gasteiger partial charge in [-0.15, -0.1) is 0 Å². The molecular weight excluding hydrogens is 632 g/mol. The van der Waals surface area contributed by atoms with Crippen LogP contribution in [0.2, 0.25) is 5.02 Å². The second-order valence-corrected chi connectivity index (χ2v) is 13.2. The van der Waals surface area contributed by atoms with E-state index in [1.165, 1.54) is 6.20 Å². The molecule has 0 unspecified atom stereocenters. The average molecular weight is 665 g/mol. The molecule has 0 bridgehead atoms. The Hall–Kier alpha value is -4.86. The molecule has 0 amide bonds. The fraction of sp³-hybridized carbons (Fsp3) is 0.273. The third-order valence-electron chi connectivity index (χ3n) is 7.22. The lowest BCUT2D eigenvalue weighted by atomic mass is 9.77. The van der Waals surface area contributed by atoms with Crippen molar-refractivity contribution in [2.24, 2.45) is 0 Å². The number of aromatic nitrogens is 2. The number of carboxylic acids is 1. The Kier molecular flexibility index (Phi) is 10.7. The number of nitriles is 1. The van der Waals surface area contributed by atoms with Crippen LogP contribution in [0.4, 0.5) is 5.95 Å². The van der Waals surface area contributed by atoms with Gasteiger partial charge in [0.05, 0.1) is 49.2 Å². The van der Waals surface area contributed by atoms with Gasteiger partial charge in [0.15, 0.2) is 5.75 Å². The number of methoxy groups -OCH3 is 1. The van der Waals surface area contributed by atoms with E-state index >= 15 is 0 Å². The second kappa shape index (κ2) is 14.5. The molecule has 1 heterocycles. The standard InChI is InChI=1S/C33H33ClN4O7S/c1-33(2,25-17-23(19-35)31(29(34)18-25)44-16-14-30(39)40)24-7-11-28(12-8-24)45-21-26-13-15-36-32(37-26)38(46(4,41)42)20-22-5-9-27(43-3)10-6-22/h5-13,15,17-18H,14,16,20-21H2,1-4H3,(H,39,40). The van der Waals surface area contributed by atoms with Crippen LogP contribution in [-0.4, -0.2) is 49.4 Å². The minimum Gasteiger partial charge on any atom is -0.497 e. The summed E-state index contributed by atoms with van der Waals surface area (Å²) in [5.41, 5.74) is 2.57. The lowest BCUT2D eigenvalue weighted by Crippen LogP contribution is -2.31. The summed E-state index contributed by atoms with van der Waals surface area (Å²) in [5.74, 6) is 0.402. The fourth-order valence-corrected chi connectivity index (χ4v) is 5.58. The first-order chi connectivity index (χ1) is 21.8. The van der Waals surface area contributed by atoms with Crippen molar-refractivity contribution in [2.75, 3.05) is 24.3 Å². The zero-order valence-corrected chi connectivity index (χ0v) is 27.3. The molecule has 4 aromatic rings. The first-order valence-corrected chi connectivity index (χ1v) is 16.3. The van der Waals surface area contributed by atoms with Crippen molar-refractivity contribution < 1.29 is 32.5 Å². The molecule has 4 rings (SSSR count). The SMILES string of the molecule is COc1ccc(CN(c2nccc(COc3ccc(C(C)(C)c4cc(Cl)c(OCCC(=O)O)c(C#N)c4)cc3)n2)S(C)(=O)=O)cc1. The number of sulfonamides is 1. The number of anilines is 1. The van der Waals surface area contributed by atoms with E-state index in [4.69, 9.17) is 30.9 Å². The third kappa shape index (κ3) is 8.44. The van der Waals surface area contributed by atoms with E-state index in [2.05, 4.69) is 16.0 Å². The Morgan fingerprint density at radius 1 is 1.02 bits per heavy atom. The lowest BCUT2D eigenvalue weighted by molar-refractivity contribution is -0.137. The van der Waals surface area contributed by atoms with Crippen LogP contribution in [-0.2, 0) is 33.4 Å². The number of halogens is 1. The first-order valence-electron chi connectivity index (χ1n) is 14.1. The molecule has 0 fully saturated rings. The number of rotatable bonds is 14. The van der Waals surface area contributed by atoms with Gasteiger partial charge in [-0.25, -0.2) is 22.7 Å². The van der Waals surface area contributed by atoms with Gasteiger partial charge in [-0.05, 0) is 59.2 Å². The first kappa shape index (κ1) is 34.0. The number of aliphatic carboxylic acids is 1. The average Bonchev–Trinajstić information content (AvgIpc) is 3.03. The topological polar surface area (TPSA) is 152 Å². The molecule has 1 aromatic heterocycles. The minimum absolute atomic E-state index is 0.0326. The largest absolute Gasteiger partial charge is 0.497 e. The molecule has 0 saturated heterocycles. The molecule has 0 radical (unpaired) electrons. The van der Waals surface area contributed by atoms with Gasteiger partial charge in [0.1, 0.15) is 24.2 Å². The van der Waals surface area contributed by atoms with Gasteiger partial charge in [-0.2, -0.15) is 5.26 Å². The molecule has 3 aromatic carbocycles. The highest BCUT2D eigenvalue weighted by atomic mass is 35.5. The highest BCUT2D eigenvalue weighted by Gasteiger charge is 2.26. The maximum Gasteiger partial charge on any atom is 0.306 e. The summed E-state index contributed by atoms with van der Waals surface area (Å²) >= 11 is 6.46. The van der Waals surface area contributed by atoms with E-state index in [1.807, 2.05) is 38.1 Å². The van der Waals surface area contributed by atoms with Crippen LogP contribution in [0.5, 0.6) is 17.2 Å². The van der Waals surface area contributed by atoms with Gasteiger partial charge in [0.25, 0.3) is 0 Å². The van der Waals surface area contributed by atoms with Crippen LogP contribution in [0.1, 0.15) is 48.2 Å². The predicted octanol–water partition coefficient (Wildman–Crippen LogP) is 5.73. The fourth-order valence-electron chi connectivity index (χ4n) is 4.53. The Morgan fingerprint density at radius 2 is 1.70 bits per heavy atom. The summed E-state index contributed by atoms with van der Waals surface area (Å²) in [5, 5.41) is 18.8. The molecule has 11 nitrogen and oxygen atoms in total. The minimum atomic E-state index is -3.69. The van der Waals surface area contributed by atoms with E-state index in [0.717, 1.165) is 27.3 Å². The van der Waals surface area contributed by atoms with Gasteiger partial charge in [-0.3, -0.25) is 4.79 Å². The summed E-state index contributed by atoms with van der Waals surface area (Å²) in [6.07, 6.45) is 2.37. The van der Waals surface area contributed by atoms with Gasteiger partial charge < -0.3 is 19.3 Å². The van der Waals surface area contributed by atoms with Gasteiger partial charge >= 0.3 is 5.97 Å². The van der Waals surface area contributed by atoms with Crippen LogP contribution in [0.25, 0.3) is 0 Å². The molecule has 13 heteroatoms. The highest BCUT2D eigenvalue weighted by molar-refractivity contribution is 7.92. The van der Waals surface area contributed by atoms with Crippen molar-refractivity contribution >= 4 is 33.5 Å². The predicted molar refractivity (Wildman–Crippen MR) is 173 cm³/mol. The maximum atomic E-state index is 12.6. The quantitative estimate of drug-likeness (QED) is 0.177. The normalized spacial score (nSPS) is 11.4. The molecule has 0 spiro atoms. The zero-order valence-electron chi connectivity index (χ0n) is 25.7. The molecule has 0 atom stereocenters. The van der Waals surface area contributed by atoms with Crippen molar-refractivity contribution in [1.82, 2.24) is 9.97 Å². The summed E-state index contributed by atoms with van der Waals surface area (Å²) < 4.78 is 43.1. The number of hydrogen-bond donors (Lipinski definition) is 1. The van der Waals surface area contributed by atoms with Crippen molar-refractivity contribution in [3.63, 3.8) is 0 Å². The zero-order chi connectivity index (χ0) is 33.5. The molecule has 0 aliphatic heterocycles. The summed E-state index contributed by atoms with van der Waals surface area (Å²) in [6.45, 7) is 3.99. The Balaban J connectivity index is 1.47. The van der Waals surface area contributed by atoms with Crippen molar-refractivity contribution in [1.29, 1.82) is 5.26 Å². The van der Waals surface area contributed by atoms with Gasteiger partial charge in [0, 0.05) is 11.6 Å². The second-order valence-electron chi connectivity index (χ2n) is 10.8. The van der Waals surface area contributed by atoms with E-state index < -0.39 is 21.4 Å². The molecular formula is C33H33ClN4O7S. The van der Waals surface area contributed by atoms with Crippen LogP contribution in [0.15, 0.2) is 72.9 Å². The van der Waals surface area contributed by atoms with Gasteiger partial charge in [-0.1, -0.05) is 49.7 Å². The number of ether oxygens (including phenoxy) is 3. The Bertz CT molecular complexity index is 1840. The summed E-state index contributed by atoms with van der Waals surface area (Å²) in [4.78, 5) is 19.5. The number of nitrogens with zero attached hydrogens (tertiary/aromatic N) is 4.